The Hall–Kier alpha value is -2.81. The van der Waals surface area contributed by atoms with Crippen molar-refractivity contribution in [3.63, 3.8) is 0 Å². The van der Waals surface area contributed by atoms with Gasteiger partial charge in [0.1, 0.15) is 0 Å². The quantitative estimate of drug-likeness (QED) is 0.611. The van der Waals surface area contributed by atoms with Crippen molar-refractivity contribution in [2.45, 2.75) is 76.3 Å². The molecule has 4 atom stereocenters. The van der Waals surface area contributed by atoms with E-state index in [1.165, 1.54) is 0 Å². The molecule has 0 spiro atoms. The van der Waals surface area contributed by atoms with Gasteiger partial charge in [0.25, 0.3) is 0 Å². The number of likely N-dealkylation sites (tertiary alicyclic amines) is 1. The SMILES string of the molecule is COc1cc2cc(c1OC)CCCNC(=O)CCC[C@H]1[C@@H]3C[C@@H](CN(C(=O)[C@H]4CCCN4)C3)CN1C(=O)CC2. The predicted octanol–water partition coefficient (Wildman–Crippen LogP) is 2.30. The molecule has 214 valence electrons. The van der Waals surface area contributed by atoms with Gasteiger partial charge >= 0.3 is 0 Å². The van der Waals surface area contributed by atoms with Crippen molar-refractivity contribution in [2.24, 2.45) is 11.8 Å². The van der Waals surface area contributed by atoms with E-state index in [1.807, 2.05) is 6.07 Å². The van der Waals surface area contributed by atoms with Gasteiger partial charge in [-0.3, -0.25) is 14.4 Å². The lowest BCUT2D eigenvalue weighted by Crippen LogP contribution is -2.61. The van der Waals surface area contributed by atoms with Crippen molar-refractivity contribution in [1.82, 2.24) is 20.4 Å². The lowest BCUT2D eigenvalue weighted by Gasteiger charge is -2.51. The van der Waals surface area contributed by atoms with Crippen molar-refractivity contribution in [3.8, 4) is 11.5 Å². The molecule has 9 heteroatoms. The normalized spacial score (nSPS) is 28.5. The average molecular weight is 541 g/mol. The molecule has 4 aliphatic rings. The molecule has 0 aromatic heterocycles. The number of fused-ring (bicyclic) bond motifs is 6. The molecule has 3 amide bonds. The topological polar surface area (TPSA) is 100 Å². The molecule has 0 unspecified atom stereocenters. The van der Waals surface area contributed by atoms with E-state index >= 15 is 0 Å². The number of nitrogens with one attached hydrogen (secondary N) is 2. The van der Waals surface area contributed by atoms with Crippen LogP contribution in [-0.4, -0.2) is 86.5 Å². The summed E-state index contributed by atoms with van der Waals surface area (Å²) in [5.41, 5.74) is 2.09. The number of ether oxygens (including phenoxy) is 2. The summed E-state index contributed by atoms with van der Waals surface area (Å²) in [6, 6.07) is 4.09. The van der Waals surface area contributed by atoms with E-state index in [0.29, 0.717) is 50.6 Å². The Bertz CT molecular complexity index is 1060. The number of rotatable bonds is 3. The molecule has 3 fully saturated rings. The molecule has 39 heavy (non-hydrogen) atoms. The van der Waals surface area contributed by atoms with Crippen molar-refractivity contribution in [1.29, 1.82) is 0 Å². The number of hydrogen-bond acceptors (Lipinski definition) is 6. The van der Waals surface area contributed by atoms with Crippen molar-refractivity contribution < 1.29 is 23.9 Å². The van der Waals surface area contributed by atoms with Crippen LogP contribution in [0.5, 0.6) is 11.5 Å². The van der Waals surface area contributed by atoms with E-state index in [0.717, 1.165) is 74.9 Å². The maximum Gasteiger partial charge on any atom is 0.239 e. The number of aryl methyl sites for hydroxylation is 2. The summed E-state index contributed by atoms with van der Waals surface area (Å²) in [6.07, 6.45) is 7.61. The number of hydrogen-bond donors (Lipinski definition) is 2. The Kier molecular flexibility index (Phi) is 8.95. The molecule has 0 saturated carbocycles. The van der Waals surface area contributed by atoms with Gasteiger partial charge < -0.3 is 29.9 Å². The smallest absolute Gasteiger partial charge is 0.239 e. The second kappa shape index (κ2) is 12.6. The molecule has 1 aromatic carbocycles. The van der Waals surface area contributed by atoms with Crippen LogP contribution in [0.25, 0.3) is 0 Å². The zero-order chi connectivity index (χ0) is 27.4. The summed E-state index contributed by atoms with van der Waals surface area (Å²) < 4.78 is 11.3. The summed E-state index contributed by atoms with van der Waals surface area (Å²) in [6.45, 7) is 3.63. The molecule has 4 aliphatic heterocycles. The molecular weight excluding hydrogens is 496 g/mol. The Balaban J connectivity index is 1.35. The van der Waals surface area contributed by atoms with Crippen LogP contribution in [0, 0.1) is 11.8 Å². The maximum absolute atomic E-state index is 13.7. The monoisotopic (exact) mass is 540 g/mol. The molecule has 3 saturated heterocycles. The summed E-state index contributed by atoms with van der Waals surface area (Å²) in [5, 5.41) is 6.42. The second-order valence-electron chi connectivity index (χ2n) is 11.7. The van der Waals surface area contributed by atoms with Crippen LogP contribution in [-0.2, 0) is 27.2 Å². The fourth-order valence-corrected chi connectivity index (χ4v) is 7.20. The number of carbonyl (C=O) groups excluding carboxylic acids is 3. The first-order chi connectivity index (χ1) is 19.0. The Morgan fingerprint density at radius 3 is 2.56 bits per heavy atom. The molecule has 0 aliphatic carbocycles. The first-order valence-corrected chi connectivity index (χ1v) is 14.8. The van der Waals surface area contributed by atoms with Gasteiger partial charge in [0.15, 0.2) is 11.5 Å². The number of methoxy groups -OCH3 is 2. The third kappa shape index (κ3) is 6.34. The Morgan fingerprint density at radius 2 is 1.79 bits per heavy atom. The summed E-state index contributed by atoms with van der Waals surface area (Å²) in [7, 11) is 3.28. The first kappa shape index (κ1) is 27.7. The third-order valence-corrected chi connectivity index (χ3v) is 9.05. The Labute approximate surface area is 231 Å². The molecule has 1 aromatic rings. The molecule has 5 rings (SSSR count). The number of piperidine rings is 2. The van der Waals surface area contributed by atoms with Crippen LogP contribution in [0.3, 0.4) is 0 Å². The lowest BCUT2D eigenvalue weighted by molar-refractivity contribution is -0.146. The van der Waals surface area contributed by atoms with Crippen LogP contribution in [0.15, 0.2) is 12.1 Å². The van der Waals surface area contributed by atoms with Crippen molar-refractivity contribution in [2.75, 3.05) is 46.9 Å². The molecule has 2 N–H and O–H groups in total. The van der Waals surface area contributed by atoms with Gasteiger partial charge in [0.2, 0.25) is 17.7 Å². The van der Waals surface area contributed by atoms with Gasteiger partial charge in [-0.05, 0) is 86.9 Å². The minimum Gasteiger partial charge on any atom is -0.493 e. The minimum absolute atomic E-state index is 0.0553. The molecule has 4 bridgehead atoms. The van der Waals surface area contributed by atoms with E-state index in [4.69, 9.17) is 9.47 Å². The fourth-order valence-electron chi connectivity index (χ4n) is 7.20. The third-order valence-electron chi connectivity index (χ3n) is 9.05. The highest BCUT2D eigenvalue weighted by atomic mass is 16.5. The number of nitrogens with zero attached hydrogens (tertiary/aromatic N) is 2. The van der Waals surface area contributed by atoms with Crippen LogP contribution in [0.2, 0.25) is 0 Å². The van der Waals surface area contributed by atoms with E-state index in [9.17, 15) is 14.4 Å². The van der Waals surface area contributed by atoms with Gasteiger partial charge in [-0.1, -0.05) is 6.07 Å². The summed E-state index contributed by atoms with van der Waals surface area (Å²) in [4.78, 5) is 43.7. The predicted molar refractivity (Wildman–Crippen MR) is 148 cm³/mol. The average Bonchev–Trinajstić information content (AvgIpc) is 3.48. The largest absolute Gasteiger partial charge is 0.493 e. The summed E-state index contributed by atoms with van der Waals surface area (Å²) in [5.74, 6) is 2.39. The lowest BCUT2D eigenvalue weighted by atomic mass is 9.77. The molecule has 9 nitrogen and oxygen atoms in total. The Morgan fingerprint density at radius 1 is 0.923 bits per heavy atom. The van der Waals surface area contributed by atoms with Gasteiger partial charge in [0.05, 0.1) is 20.3 Å². The standard InChI is InChI=1S/C30H44N4O5/c1-38-26-16-20-10-11-28(36)34-18-21-15-23(19-33(17-21)30(37)24-7-5-12-31-24)25(34)8-3-9-27(35)32-13-4-6-22(14-20)29(26)39-2/h14,16,21,23-25,31H,3-13,15,17-19H2,1-2H3,(H,32,35)/t21-,23+,24+,25-/m0/s1. The molecular formula is C30H44N4O5. The van der Waals surface area contributed by atoms with Crippen molar-refractivity contribution >= 4 is 17.7 Å². The van der Waals surface area contributed by atoms with E-state index in [-0.39, 0.29) is 35.7 Å². The highest BCUT2D eigenvalue weighted by Crippen LogP contribution is 2.37. The zero-order valence-corrected chi connectivity index (χ0v) is 23.5. The first-order valence-electron chi connectivity index (χ1n) is 14.8. The van der Waals surface area contributed by atoms with Gasteiger partial charge in [-0.15, -0.1) is 0 Å². The van der Waals surface area contributed by atoms with Gasteiger partial charge in [-0.25, -0.2) is 0 Å². The molecule has 0 radical (unpaired) electrons. The van der Waals surface area contributed by atoms with Gasteiger partial charge in [0, 0.05) is 45.1 Å². The van der Waals surface area contributed by atoms with Gasteiger partial charge in [-0.2, -0.15) is 0 Å². The van der Waals surface area contributed by atoms with E-state index in [1.54, 1.807) is 14.2 Å². The number of benzene rings is 1. The van der Waals surface area contributed by atoms with Crippen molar-refractivity contribution in [3.05, 3.63) is 23.3 Å². The van der Waals surface area contributed by atoms with E-state index in [2.05, 4.69) is 26.5 Å². The van der Waals surface area contributed by atoms with Crippen LogP contribution < -0.4 is 20.1 Å². The van der Waals surface area contributed by atoms with Crippen LogP contribution in [0.1, 0.15) is 62.5 Å². The summed E-state index contributed by atoms with van der Waals surface area (Å²) >= 11 is 0. The number of carbonyl (C=O) groups is 3. The highest BCUT2D eigenvalue weighted by Gasteiger charge is 2.44. The van der Waals surface area contributed by atoms with Crippen LogP contribution in [0.4, 0.5) is 0 Å². The fraction of sp³-hybridized carbons (Fsp3) is 0.700. The molecule has 4 heterocycles. The number of amides is 3. The highest BCUT2D eigenvalue weighted by molar-refractivity contribution is 5.82. The van der Waals surface area contributed by atoms with Crippen LogP contribution >= 0.6 is 0 Å². The second-order valence-corrected chi connectivity index (χ2v) is 11.7. The zero-order valence-electron chi connectivity index (χ0n) is 23.5. The van der Waals surface area contributed by atoms with E-state index < -0.39 is 0 Å². The maximum atomic E-state index is 13.7. The minimum atomic E-state index is -0.0614.